The summed E-state index contributed by atoms with van der Waals surface area (Å²) in [5, 5.41) is 3.17. The molecule has 0 aromatic carbocycles. The Morgan fingerprint density at radius 1 is 1.55 bits per heavy atom. The Bertz CT molecular complexity index is 446. The standard InChI is InChI=1S/C15H24N4O/c1-4-16-13-5-6-14(17-9-13)15(20)19(3)11-12-7-8-18(2)10-12/h5-6,9,12,16H,4,7-8,10-11H2,1-3H3. The first-order chi connectivity index (χ1) is 9.60. The summed E-state index contributed by atoms with van der Waals surface area (Å²) in [5.74, 6) is 0.581. The van der Waals surface area contributed by atoms with Crippen LogP contribution in [0.2, 0.25) is 0 Å². The van der Waals surface area contributed by atoms with E-state index < -0.39 is 0 Å². The van der Waals surface area contributed by atoms with Crippen LogP contribution in [0.5, 0.6) is 0 Å². The van der Waals surface area contributed by atoms with E-state index in [0.717, 1.165) is 31.9 Å². The van der Waals surface area contributed by atoms with Gasteiger partial charge in [-0.1, -0.05) is 0 Å². The third kappa shape index (κ3) is 3.70. The van der Waals surface area contributed by atoms with Crippen LogP contribution in [0.1, 0.15) is 23.8 Å². The molecule has 5 heteroatoms. The highest BCUT2D eigenvalue weighted by Gasteiger charge is 2.23. The summed E-state index contributed by atoms with van der Waals surface area (Å²) in [7, 11) is 3.99. The minimum atomic E-state index is 0.00241. The molecule has 110 valence electrons. The van der Waals surface area contributed by atoms with Crippen molar-refractivity contribution in [3.63, 3.8) is 0 Å². The zero-order valence-electron chi connectivity index (χ0n) is 12.6. The first-order valence-corrected chi connectivity index (χ1v) is 7.24. The highest BCUT2D eigenvalue weighted by atomic mass is 16.2. The Kier molecular flexibility index (Phi) is 4.95. The number of hydrogen-bond donors (Lipinski definition) is 1. The number of rotatable bonds is 5. The van der Waals surface area contributed by atoms with E-state index in [1.54, 1.807) is 17.2 Å². The molecule has 2 heterocycles. The highest BCUT2D eigenvalue weighted by Crippen LogP contribution is 2.16. The molecule has 0 saturated carbocycles. The molecule has 20 heavy (non-hydrogen) atoms. The van der Waals surface area contributed by atoms with Gasteiger partial charge in [0.2, 0.25) is 0 Å². The Morgan fingerprint density at radius 2 is 2.35 bits per heavy atom. The lowest BCUT2D eigenvalue weighted by molar-refractivity contribution is 0.0768. The van der Waals surface area contributed by atoms with Gasteiger partial charge in [-0.3, -0.25) is 4.79 Å². The smallest absolute Gasteiger partial charge is 0.272 e. The fourth-order valence-corrected chi connectivity index (χ4v) is 2.67. The molecule has 0 aliphatic carbocycles. The molecule has 1 aromatic rings. The van der Waals surface area contributed by atoms with E-state index in [1.807, 2.05) is 20.0 Å². The van der Waals surface area contributed by atoms with Crippen LogP contribution in [-0.4, -0.2) is 61.0 Å². The molecule has 1 atom stereocenters. The largest absolute Gasteiger partial charge is 0.384 e. The van der Waals surface area contributed by atoms with Crippen molar-refractivity contribution in [3.8, 4) is 0 Å². The second-order valence-corrected chi connectivity index (χ2v) is 5.57. The number of likely N-dealkylation sites (tertiary alicyclic amines) is 1. The van der Waals surface area contributed by atoms with Crippen molar-refractivity contribution in [3.05, 3.63) is 24.0 Å². The van der Waals surface area contributed by atoms with Crippen LogP contribution < -0.4 is 5.32 Å². The maximum absolute atomic E-state index is 12.3. The summed E-state index contributed by atoms with van der Waals surface area (Å²) >= 11 is 0. The third-order valence-electron chi connectivity index (χ3n) is 3.73. The Morgan fingerprint density at radius 3 is 2.90 bits per heavy atom. The molecule has 1 aromatic heterocycles. The molecular formula is C15H24N4O. The van der Waals surface area contributed by atoms with Gasteiger partial charge in [-0.15, -0.1) is 0 Å². The number of anilines is 1. The van der Waals surface area contributed by atoms with E-state index in [4.69, 9.17) is 0 Å². The second-order valence-electron chi connectivity index (χ2n) is 5.57. The lowest BCUT2D eigenvalue weighted by Gasteiger charge is -2.21. The van der Waals surface area contributed by atoms with E-state index in [2.05, 4.69) is 22.2 Å². The minimum absolute atomic E-state index is 0.00241. The van der Waals surface area contributed by atoms with Crippen LogP contribution in [0.25, 0.3) is 0 Å². The predicted molar refractivity (Wildman–Crippen MR) is 81.0 cm³/mol. The summed E-state index contributed by atoms with van der Waals surface area (Å²) in [4.78, 5) is 20.7. The fraction of sp³-hybridized carbons (Fsp3) is 0.600. The number of pyridine rings is 1. The van der Waals surface area contributed by atoms with Crippen LogP contribution >= 0.6 is 0 Å². The third-order valence-corrected chi connectivity index (χ3v) is 3.73. The number of nitrogens with zero attached hydrogens (tertiary/aromatic N) is 3. The van der Waals surface area contributed by atoms with Crippen molar-refractivity contribution in [1.82, 2.24) is 14.8 Å². The van der Waals surface area contributed by atoms with Gasteiger partial charge in [0, 0.05) is 26.7 Å². The van der Waals surface area contributed by atoms with Gasteiger partial charge >= 0.3 is 0 Å². The first kappa shape index (κ1) is 14.8. The molecule has 2 rings (SSSR count). The molecule has 0 radical (unpaired) electrons. The van der Waals surface area contributed by atoms with Crippen LogP contribution in [0.4, 0.5) is 5.69 Å². The quantitative estimate of drug-likeness (QED) is 0.886. The second kappa shape index (κ2) is 6.70. The zero-order valence-corrected chi connectivity index (χ0v) is 12.6. The lowest BCUT2D eigenvalue weighted by atomic mass is 10.1. The normalized spacial score (nSPS) is 19.1. The molecule has 1 aliphatic rings. The molecule has 1 aliphatic heterocycles. The van der Waals surface area contributed by atoms with Gasteiger partial charge in [-0.05, 0) is 45.0 Å². The monoisotopic (exact) mass is 276 g/mol. The SMILES string of the molecule is CCNc1ccc(C(=O)N(C)CC2CCN(C)C2)nc1. The van der Waals surface area contributed by atoms with Crippen molar-refractivity contribution in [2.24, 2.45) is 5.92 Å². The maximum Gasteiger partial charge on any atom is 0.272 e. The van der Waals surface area contributed by atoms with Gasteiger partial charge in [0.25, 0.3) is 5.91 Å². The number of amides is 1. The van der Waals surface area contributed by atoms with Crippen LogP contribution in [0.3, 0.4) is 0 Å². The Balaban J connectivity index is 1.92. The average molecular weight is 276 g/mol. The Labute approximate surface area is 121 Å². The maximum atomic E-state index is 12.3. The molecule has 1 fully saturated rings. The molecular weight excluding hydrogens is 252 g/mol. The number of aromatic nitrogens is 1. The number of hydrogen-bond acceptors (Lipinski definition) is 4. The van der Waals surface area contributed by atoms with Crippen LogP contribution in [0.15, 0.2) is 18.3 Å². The van der Waals surface area contributed by atoms with E-state index >= 15 is 0 Å². The fourth-order valence-electron chi connectivity index (χ4n) is 2.67. The van der Waals surface area contributed by atoms with Crippen molar-refractivity contribution >= 4 is 11.6 Å². The molecule has 1 unspecified atom stereocenters. The molecule has 1 amide bonds. The van der Waals surface area contributed by atoms with E-state index in [0.29, 0.717) is 11.6 Å². The lowest BCUT2D eigenvalue weighted by Crippen LogP contribution is -2.33. The van der Waals surface area contributed by atoms with Crippen molar-refractivity contribution in [1.29, 1.82) is 0 Å². The van der Waals surface area contributed by atoms with Crippen LogP contribution in [0, 0.1) is 5.92 Å². The molecule has 5 nitrogen and oxygen atoms in total. The van der Waals surface area contributed by atoms with E-state index in [1.165, 1.54) is 6.42 Å². The zero-order chi connectivity index (χ0) is 14.5. The molecule has 0 spiro atoms. The minimum Gasteiger partial charge on any atom is -0.384 e. The van der Waals surface area contributed by atoms with Gasteiger partial charge in [-0.2, -0.15) is 0 Å². The van der Waals surface area contributed by atoms with Gasteiger partial charge < -0.3 is 15.1 Å². The van der Waals surface area contributed by atoms with Gasteiger partial charge in [-0.25, -0.2) is 4.98 Å². The topological polar surface area (TPSA) is 48.5 Å². The summed E-state index contributed by atoms with van der Waals surface area (Å²) in [6.45, 7) is 5.89. The number of nitrogens with one attached hydrogen (secondary N) is 1. The summed E-state index contributed by atoms with van der Waals surface area (Å²) < 4.78 is 0. The van der Waals surface area contributed by atoms with Crippen LogP contribution in [-0.2, 0) is 0 Å². The summed E-state index contributed by atoms with van der Waals surface area (Å²) in [5.41, 5.74) is 1.46. The van der Waals surface area contributed by atoms with E-state index in [-0.39, 0.29) is 5.91 Å². The Hall–Kier alpha value is -1.62. The summed E-state index contributed by atoms with van der Waals surface area (Å²) in [6.07, 6.45) is 2.88. The van der Waals surface area contributed by atoms with Crippen molar-refractivity contribution in [2.45, 2.75) is 13.3 Å². The molecule has 0 bridgehead atoms. The van der Waals surface area contributed by atoms with Gasteiger partial charge in [0.15, 0.2) is 0 Å². The van der Waals surface area contributed by atoms with Crippen molar-refractivity contribution in [2.75, 3.05) is 45.6 Å². The average Bonchev–Trinajstić information content (AvgIpc) is 2.84. The van der Waals surface area contributed by atoms with Gasteiger partial charge in [0.05, 0.1) is 11.9 Å². The predicted octanol–water partition coefficient (Wildman–Crippen LogP) is 1.54. The number of carbonyl (C=O) groups is 1. The number of carbonyl (C=O) groups excluding carboxylic acids is 1. The molecule has 1 saturated heterocycles. The highest BCUT2D eigenvalue weighted by molar-refractivity contribution is 5.92. The van der Waals surface area contributed by atoms with Gasteiger partial charge in [0.1, 0.15) is 5.69 Å². The molecule has 1 N–H and O–H groups in total. The van der Waals surface area contributed by atoms with E-state index in [9.17, 15) is 4.79 Å². The van der Waals surface area contributed by atoms with Crippen molar-refractivity contribution < 1.29 is 4.79 Å². The first-order valence-electron chi connectivity index (χ1n) is 7.24. The summed E-state index contributed by atoms with van der Waals surface area (Å²) in [6, 6.07) is 3.69.